The Hall–Kier alpha value is -1.13. The molecule has 5 heteroatoms. The summed E-state index contributed by atoms with van der Waals surface area (Å²) in [6.45, 7) is 3.66. The van der Waals surface area contributed by atoms with Gasteiger partial charge in [0.15, 0.2) is 0 Å². The van der Waals surface area contributed by atoms with Crippen LogP contribution in [0, 0.1) is 0 Å². The van der Waals surface area contributed by atoms with Crippen molar-refractivity contribution >= 4 is 18.3 Å². The number of carbonyl (C=O) groups is 1. The lowest BCUT2D eigenvalue weighted by Gasteiger charge is -2.26. The number of rotatable bonds is 3. The minimum absolute atomic E-state index is 0. The zero-order valence-electron chi connectivity index (χ0n) is 9.75. The van der Waals surface area contributed by atoms with Crippen LogP contribution in [0.5, 0.6) is 0 Å². The number of aromatic nitrogens is 1. The lowest BCUT2D eigenvalue weighted by molar-refractivity contribution is -0.132. The van der Waals surface area contributed by atoms with Crippen LogP contribution in [0.25, 0.3) is 0 Å². The lowest BCUT2D eigenvalue weighted by Crippen LogP contribution is -2.40. The molecule has 1 aromatic rings. The zero-order valence-corrected chi connectivity index (χ0v) is 10.6. The highest BCUT2D eigenvalue weighted by Crippen LogP contribution is 2.17. The van der Waals surface area contributed by atoms with E-state index in [-0.39, 0.29) is 24.4 Å². The van der Waals surface area contributed by atoms with Crippen LogP contribution in [0.1, 0.15) is 25.5 Å². The van der Waals surface area contributed by atoms with Crippen molar-refractivity contribution in [3.8, 4) is 0 Å². The zero-order chi connectivity index (χ0) is 11.4. The van der Waals surface area contributed by atoms with Crippen molar-refractivity contribution in [2.45, 2.75) is 25.9 Å². The molecule has 1 amide bonds. The molecule has 1 unspecified atom stereocenters. The second-order valence-corrected chi connectivity index (χ2v) is 3.69. The van der Waals surface area contributed by atoms with Gasteiger partial charge in [0.2, 0.25) is 5.91 Å². The Morgan fingerprint density at radius 1 is 1.38 bits per heavy atom. The van der Waals surface area contributed by atoms with Crippen LogP contribution < -0.4 is 5.73 Å². The maximum Gasteiger partial charge on any atom is 0.239 e. The fourth-order valence-electron chi connectivity index (χ4n) is 1.38. The van der Waals surface area contributed by atoms with E-state index >= 15 is 0 Å². The van der Waals surface area contributed by atoms with E-state index in [2.05, 4.69) is 4.98 Å². The third-order valence-electron chi connectivity index (χ3n) is 2.51. The van der Waals surface area contributed by atoms with E-state index in [1.165, 1.54) is 0 Å². The van der Waals surface area contributed by atoms with Gasteiger partial charge in [0.25, 0.3) is 0 Å². The number of nitrogens with zero attached hydrogens (tertiary/aromatic N) is 2. The summed E-state index contributed by atoms with van der Waals surface area (Å²) in [6.07, 6.45) is 3.44. The summed E-state index contributed by atoms with van der Waals surface area (Å²) in [6, 6.07) is 3.36. The minimum Gasteiger partial charge on any atom is -0.338 e. The van der Waals surface area contributed by atoms with Crippen LogP contribution in [0.3, 0.4) is 0 Å². The molecule has 0 aliphatic heterocycles. The van der Waals surface area contributed by atoms with Crippen LogP contribution in [0.15, 0.2) is 24.5 Å². The van der Waals surface area contributed by atoms with Crippen LogP contribution >= 0.6 is 12.4 Å². The topological polar surface area (TPSA) is 59.2 Å². The van der Waals surface area contributed by atoms with Crippen LogP contribution in [0.4, 0.5) is 0 Å². The molecule has 90 valence electrons. The van der Waals surface area contributed by atoms with E-state index in [0.29, 0.717) is 0 Å². The first-order chi connectivity index (χ1) is 7.04. The molecule has 0 aliphatic rings. The average molecular weight is 244 g/mol. The summed E-state index contributed by atoms with van der Waals surface area (Å²) in [5, 5.41) is 0. The Labute approximate surface area is 102 Å². The number of pyridine rings is 1. The van der Waals surface area contributed by atoms with Crippen LogP contribution in [0.2, 0.25) is 0 Å². The summed E-state index contributed by atoms with van der Waals surface area (Å²) in [5.74, 6) is -0.0562. The molecule has 1 heterocycles. The second-order valence-electron chi connectivity index (χ2n) is 3.69. The summed E-state index contributed by atoms with van der Waals surface area (Å²) in [4.78, 5) is 17.2. The first-order valence-electron chi connectivity index (χ1n) is 4.96. The quantitative estimate of drug-likeness (QED) is 0.872. The molecule has 2 atom stereocenters. The van der Waals surface area contributed by atoms with E-state index in [1.54, 1.807) is 31.3 Å². The molecule has 4 nitrogen and oxygen atoms in total. The number of hydrogen-bond acceptors (Lipinski definition) is 3. The van der Waals surface area contributed by atoms with Crippen LogP contribution in [-0.4, -0.2) is 28.9 Å². The van der Waals surface area contributed by atoms with E-state index in [4.69, 9.17) is 5.73 Å². The Kier molecular flexibility index (Phi) is 6.00. The summed E-state index contributed by atoms with van der Waals surface area (Å²) in [5.41, 5.74) is 6.61. The third-order valence-corrected chi connectivity index (χ3v) is 2.51. The van der Waals surface area contributed by atoms with Crippen molar-refractivity contribution < 1.29 is 4.79 Å². The largest absolute Gasteiger partial charge is 0.338 e. The third kappa shape index (κ3) is 3.47. The van der Waals surface area contributed by atoms with E-state index in [9.17, 15) is 4.79 Å². The molecule has 1 rings (SSSR count). The van der Waals surface area contributed by atoms with Gasteiger partial charge < -0.3 is 10.6 Å². The number of hydrogen-bond donors (Lipinski definition) is 1. The predicted octanol–water partition coefficient (Wildman–Crippen LogP) is 1.37. The molecule has 0 bridgehead atoms. The van der Waals surface area contributed by atoms with Crippen molar-refractivity contribution in [1.82, 2.24) is 9.88 Å². The number of nitrogens with two attached hydrogens (primary N) is 1. The van der Waals surface area contributed by atoms with Gasteiger partial charge in [-0.3, -0.25) is 9.78 Å². The van der Waals surface area contributed by atoms with Gasteiger partial charge in [0.05, 0.1) is 12.1 Å². The maximum absolute atomic E-state index is 11.6. The van der Waals surface area contributed by atoms with Crippen molar-refractivity contribution in [2.24, 2.45) is 5.73 Å². The van der Waals surface area contributed by atoms with E-state index < -0.39 is 6.04 Å². The first kappa shape index (κ1) is 14.9. The van der Waals surface area contributed by atoms with E-state index in [1.807, 2.05) is 19.1 Å². The molecule has 1 aromatic heterocycles. The highest BCUT2D eigenvalue weighted by atomic mass is 35.5. The fourth-order valence-corrected chi connectivity index (χ4v) is 1.38. The molecular formula is C11H18ClN3O. The summed E-state index contributed by atoms with van der Waals surface area (Å²) < 4.78 is 0. The standard InChI is InChI=1S/C11H17N3O.ClH/c1-8(12)11(15)14(3)9(2)10-4-6-13-7-5-10;/h4-9H,12H2,1-3H3;1H/t8-,9?;/m1./s1. The molecule has 2 N–H and O–H groups in total. The number of likely N-dealkylation sites (N-methyl/N-ethyl adjacent to an activating group) is 1. The van der Waals surface area contributed by atoms with Gasteiger partial charge >= 0.3 is 0 Å². The van der Waals surface area contributed by atoms with Crippen molar-refractivity contribution in [3.63, 3.8) is 0 Å². The number of amides is 1. The van der Waals surface area contributed by atoms with Gasteiger partial charge in [-0.15, -0.1) is 12.4 Å². The van der Waals surface area contributed by atoms with Gasteiger partial charge in [-0.1, -0.05) is 0 Å². The molecule has 0 radical (unpaired) electrons. The van der Waals surface area contributed by atoms with Crippen LogP contribution in [-0.2, 0) is 4.79 Å². The smallest absolute Gasteiger partial charge is 0.239 e. The summed E-state index contributed by atoms with van der Waals surface area (Å²) in [7, 11) is 1.76. The normalized spacial score (nSPS) is 13.5. The molecule has 0 fully saturated rings. The number of carbonyl (C=O) groups excluding carboxylic acids is 1. The summed E-state index contributed by atoms with van der Waals surface area (Å²) >= 11 is 0. The molecule has 0 saturated heterocycles. The SMILES string of the molecule is CC(c1ccncc1)N(C)C(=O)[C@@H](C)N.Cl. The van der Waals surface area contributed by atoms with Crippen molar-refractivity contribution in [1.29, 1.82) is 0 Å². The molecule has 0 spiro atoms. The second kappa shape index (κ2) is 6.45. The molecule has 16 heavy (non-hydrogen) atoms. The van der Waals surface area contributed by atoms with E-state index in [0.717, 1.165) is 5.56 Å². The monoisotopic (exact) mass is 243 g/mol. The molecule has 0 saturated carbocycles. The fraction of sp³-hybridized carbons (Fsp3) is 0.455. The van der Waals surface area contributed by atoms with Gasteiger partial charge in [0, 0.05) is 19.4 Å². The highest BCUT2D eigenvalue weighted by Gasteiger charge is 2.19. The molecular weight excluding hydrogens is 226 g/mol. The molecule has 0 aliphatic carbocycles. The molecule has 0 aromatic carbocycles. The highest BCUT2D eigenvalue weighted by molar-refractivity contribution is 5.85. The maximum atomic E-state index is 11.6. The van der Waals surface area contributed by atoms with Crippen molar-refractivity contribution in [2.75, 3.05) is 7.05 Å². The number of halogens is 1. The van der Waals surface area contributed by atoms with Gasteiger partial charge in [-0.05, 0) is 31.5 Å². The Balaban J connectivity index is 0.00000225. The van der Waals surface area contributed by atoms with Gasteiger partial charge in [-0.25, -0.2) is 0 Å². The van der Waals surface area contributed by atoms with Crippen molar-refractivity contribution in [3.05, 3.63) is 30.1 Å². The van der Waals surface area contributed by atoms with Gasteiger partial charge in [0.1, 0.15) is 0 Å². The Morgan fingerprint density at radius 3 is 2.31 bits per heavy atom. The minimum atomic E-state index is -0.459. The predicted molar refractivity (Wildman–Crippen MR) is 66.3 cm³/mol. The Morgan fingerprint density at radius 2 is 1.88 bits per heavy atom. The Bertz CT molecular complexity index is 329. The lowest BCUT2D eigenvalue weighted by atomic mass is 10.1. The average Bonchev–Trinajstić information content (AvgIpc) is 2.27. The van der Waals surface area contributed by atoms with Gasteiger partial charge in [-0.2, -0.15) is 0 Å². The first-order valence-corrected chi connectivity index (χ1v) is 4.96.